The van der Waals surface area contributed by atoms with Crippen molar-refractivity contribution in [2.75, 3.05) is 6.54 Å². The van der Waals surface area contributed by atoms with Gasteiger partial charge in [-0.2, -0.15) is 4.98 Å². The number of esters is 1. The zero-order valence-corrected chi connectivity index (χ0v) is 16.9. The van der Waals surface area contributed by atoms with Gasteiger partial charge in [-0.25, -0.2) is 17.9 Å². The van der Waals surface area contributed by atoms with Crippen molar-refractivity contribution in [3.05, 3.63) is 59.7 Å². The van der Waals surface area contributed by atoms with Gasteiger partial charge < -0.3 is 9.26 Å². The first kappa shape index (κ1) is 20.6. The first-order chi connectivity index (χ1) is 13.8. The number of hydrogen-bond donors (Lipinski definition) is 1. The van der Waals surface area contributed by atoms with E-state index in [1.54, 1.807) is 51.4 Å². The molecule has 2 heterocycles. The number of nitrogens with one attached hydrogen (secondary N) is 1. The van der Waals surface area contributed by atoms with Crippen LogP contribution in [0.1, 0.15) is 41.8 Å². The molecule has 1 atom stereocenters. The Morgan fingerprint density at radius 2 is 2.10 bits per heavy atom. The van der Waals surface area contributed by atoms with Crippen LogP contribution in [-0.2, 0) is 14.8 Å². The molecule has 1 N–H and O–H groups in total. The van der Waals surface area contributed by atoms with Gasteiger partial charge in [-0.3, -0.25) is 4.98 Å². The molecule has 1 unspecified atom stereocenters. The van der Waals surface area contributed by atoms with Crippen molar-refractivity contribution in [3.63, 3.8) is 0 Å². The normalized spacial score (nSPS) is 12.5. The number of pyridine rings is 1. The van der Waals surface area contributed by atoms with E-state index < -0.39 is 22.1 Å². The lowest BCUT2D eigenvalue weighted by atomic mass is 10.1. The standard InChI is InChI=1S/C19H20N4O5S/c1-4-21-29(25,26)15-8-7-12(2)16(10-15)19(24)27-13(3)18-22-17(23-28-18)14-6-5-9-20-11-14/h5-11,13,21H,4H2,1-3H3. The van der Waals surface area contributed by atoms with Crippen LogP contribution in [0.3, 0.4) is 0 Å². The number of aryl methyl sites for hydroxylation is 1. The molecule has 0 saturated heterocycles. The second-order valence-electron chi connectivity index (χ2n) is 6.22. The van der Waals surface area contributed by atoms with E-state index in [2.05, 4.69) is 19.8 Å². The van der Waals surface area contributed by atoms with Gasteiger partial charge in [-0.1, -0.05) is 18.1 Å². The molecule has 0 saturated carbocycles. The van der Waals surface area contributed by atoms with Crippen molar-refractivity contribution in [2.45, 2.75) is 31.8 Å². The highest BCUT2D eigenvalue weighted by Crippen LogP contribution is 2.23. The molecule has 10 heteroatoms. The highest BCUT2D eigenvalue weighted by atomic mass is 32.2. The number of sulfonamides is 1. The van der Waals surface area contributed by atoms with E-state index in [0.717, 1.165) is 0 Å². The quantitative estimate of drug-likeness (QED) is 0.583. The summed E-state index contributed by atoms with van der Waals surface area (Å²) >= 11 is 0. The fraction of sp³-hybridized carbons (Fsp3) is 0.263. The predicted molar refractivity (Wildman–Crippen MR) is 103 cm³/mol. The molecule has 3 rings (SSSR count). The van der Waals surface area contributed by atoms with Crippen molar-refractivity contribution in [3.8, 4) is 11.4 Å². The van der Waals surface area contributed by atoms with E-state index in [1.165, 1.54) is 12.1 Å². The van der Waals surface area contributed by atoms with Gasteiger partial charge in [0, 0.05) is 24.5 Å². The smallest absolute Gasteiger partial charge is 0.339 e. The molecule has 0 aliphatic carbocycles. The molecule has 1 aromatic carbocycles. The fourth-order valence-electron chi connectivity index (χ4n) is 2.55. The lowest BCUT2D eigenvalue weighted by Crippen LogP contribution is -2.23. The van der Waals surface area contributed by atoms with Gasteiger partial charge in [0.1, 0.15) is 0 Å². The molecule has 2 aromatic heterocycles. The summed E-state index contributed by atoms with van der Waals surface area (Å²) in [4.78, 5) is 20.8. The largest absolute Gasteiger partial charge is 0.449 e. The number of rotatable bonds is 7. The average Bonchev–Trinajstić information content (AvgIpc) is 3.19. The Morgan fingerprint density at radius 3 is 2.79 bits per heavy atom. The van der Waals surface area contributed by atoms with Gasteiger partial charge in [0.15, 0.2) is 6.10 Å². The molecule has 9 nitrogen and oxygen atoms in total. The number of carbonyl (C=O) groups excluding carboxylic acids is 1. The van der Waals surface area contributed by atoms with Crippen molar-refractivity contribution in [1.29, 1.82) is 0 Å². The van der Waals surface area contributed by atoms with E-state index in [4.69, 9.17) is 9.26 Å². The molecule has 152 valence electrons. The first-order valence-electron chi connectivity index (χ1n) is 8.87. The summed E-state index contributed by atoms with van der Waals surface area (Å²) in [5.41, 5.74) is 1.39. The Morgan fingerprint density at radius 1 is 1.31 bits per heavy atom. The molecule has 0 bridgehead atoms. The minimum Gasteiger partial charge on any atom is -0.449 e. The number of benzene rings is 1. The number of nitrogens with zero attached hydrogens (tertiary/aromatic N) is 3. The van der Waals surface area contributed by atoms with E-state index in [9.17, 15) is 13.2 Å². The third kappa shape index (κ3) is 4.66. The maximum absolute atomic E-state index is 12.6. The Kier molecular flexibility index (Phi) is 6.04. The zero-order valence-electron chi connectivity index (χ0n) is 16.1. The highest BCUT2D eigenvalue weighted by molar-refractivity contribution is 7.89. The lowest BCUT2D eigenvalue weighted by Gasteiger charge is -2.12. The van der Waals surface area contributed by atoms with E-state index in [0.29, 0.717) is 17.0 Å². The Balaban J connectivity index is 1.79. The number of carbonyl (C=O) groups is 1. The van der Waals surface area contributed by atoms with Crippen LogP contribution in [0.2, 0.25) is 0 Å². The number of ether oxygens (including phenoxy) is 1. The van der Waals surface area contributed by atoms with Crippen LogP contribution < -0.4 is 4.72 Å². The van der Waals surface area contributed by atoms with Crippen LogP contribution >= 0.6 is 0 Å². The summed E-state index contributed by atoms with van der Waals surface area (Å²) in [5, 5.41) is 3.87. The lowest BCUT2D eigenvalue weighted by molar-refractivity contribution is 0.0264. The van der Waals surface area contributed by atoms with Gasteiger partial charge in [0.25, 0.3) is 5.89 Å². The van der Waals surface area contributed by atoms with Gasteiger partial charge >= 0.3 is 5.97 Å². The van der Waals surface area contributed by atoms with Crippen molar-refractivity contribution in [2.24, 2.45) is 0 Å². The molecule has 0 aliphatic heterocycles. The van der Waals surface area contributed by atoms with Crippen LogP contribution in [0.25, 0.3) is 11.4 Å². The molecule has 29 heavy (non-hydrogen) atoms. The molecular weight excluding hydrogens is 396 g/mol. The summed E-state index contributed by atoms with van der Waals surface area (Å²) in [6.45, 7) is 5.20. The molecule has 0 aliphatic rings. The van der Waals surface area contributed by atoms with E-state index in [-0.39, 0.29) is 22.9 Å². The predicted octanol–water partition coefficient (Wildman–Crippen LogP) is 2.66. The topological polar surface area (TPSA) is 124 Å². The third-order valence-corrected chi connectivity index (χ3v) is 5.61. The van der Waals surface area contributed by atoms with Gasteiger partial charge in [0.2, 0.25) is 15.8 Å². The number of aromatic nitrogens is 3. The van der Waals surface area contributed by atoms with Gasteiger partial charge in [-0.15, -0.1) is 0 Å². The van der Waals surface area contributed by atoms with Crippen molar-refractivity contribution < 1.29 is 22.5 Å². The average molecular weight is 416 g/mol. The van der Waals surface area contributed by atoms with Crippen LogP contribution in [-0.4, -0.2) is 36.1 Å². The van der Waals surface area contributed by atoms with Gasteiger partial charge in [0.05, 0.1) is 10.5 Å². The molecule has 0 fully saturated rings. The fourth-order valence-corrected chi connectivity index (χ4v) is 3.62. The molecule has 0 spiro atoms. The monoisotopic (exact) mass is 416 g/mol. The summed E-state index contributed by atoms with van der Waals surface area (Å²) in [7, 11) is -3.70. The SMILES string of the molecule is CCNS(=O)(=O)c1ccc(C)c(C(=O)OC(C)c2nc(-c3cccnc3)no2)c1. The summed E-state index contributed by atoms with van der Waals surface area (Å²) in [6.07, 6.45) is 2.39. The zero-order chi connectivity index (χ0) is 21.0. The van der Waals surface area contributed by atoms with E-state index >= 15 is 0 Å². The maximum atomic E-state index is 12.6. The van der Waals surface area contributed by atoms with E-state index in [1.807, 2.05) is 0 Å². The highest BCUT2D eigenvalue weighted by Gasteiger charge is 2.23. The van der Waals surface area contributed by atoms with Crippen LogP contribution in [0.4, 0.5) is 0 Å². The third-order valence-electron chi connectivity index (χ3n) is 4.07. The Bertz CT molecular complexity index is 1110. The Labute approximate surface area is 168 Å². The molecule has 0 amide bonds. The summed E-state index contributed by atoms with van der Waals surface area (Å²) < 4.78 is 37.4. The van der Waals surface area contributed by atoms with Crippen LogP contribution in [0, 0.1) is 6.92 Å². The molecule has 3 aromatic rings. The van der Waals surface area contributed by atoms with Crippen LogP contribution in [0.5, 0.6) is 0 Å². The summed E-state index contributed by atoms with van der Waals surface area (Å²) in [6, 6.07) is 7.80. The second-order valence-corrected chi connectivity index (χ2v) is 7.99. The van der Waals surface area contributed by atoms with Crippen molar-refractivity contribution in [1.82, 2.24) is 19.8 Å². The van der Waals surface area contributed by atoms with Crippen molar-refractivity contribution >= 4 is 16.0 Å². The second kappa shape index (κ2) is 8.50. The summed E-state index contributed by atoms with van der Waals surface area (Å²) in [5.74, 6) is -0.248. The molecular formula is C19H20N4O5S. The Hall–Kier alpha value is -3.11. The van der Waals surface area contributed by atoms with Crippen LogP contribution in [0.15, 0.2) is 52.1 Å². The number of hydrogen-bond acceptors (Lipinski definition) is 8. The maximum Gasteiger partial charge on any atom is 0.339 e. The minimum absolute atomic E-state index is 0.0128. The minimum atomic E-state index is -3.70. The van der Waals surface area contributed by atoms with Gasteiger partial charge in [-0.05, 0) is 43.7 Å². The molecule has 0 radical (unpaired) electrons. The first-order valence-corrected chi connectivity index (χ1v) is 10.4.